The van der Waals surface area contributed by atoms with Crippen molar-refractivity contribution in [3.05, 3.63) is 41.0 Å². The molecule has 0 unspecified atom stereocenters. The van der Waals surface area contributed by atoms with Crippen LogP contribution >= 0.6 is 0 Å². The Labute approximate surface area is 123 Å². The fourth-order valence-electron chi connectivity index (χ4n) is 2.64. The van der Waals surface area contributed by atoms with Crippen LogP contribution in [0.3, 0.4) is 0 Å². The number of nitrogens with one attached hydrogen (secondary N) is 1. The minimum atomic E-state index is -0.103. The van der Waals surface area contributed by atoms with E-state index in [9.17, 15) is 4.79 Å². The second-order valence-electron chi connectivity index (χ2n) is 5.34. The van der Waals surface area contributed by atoms with Gasteiger partial charge in [0.2, 0.25) is 0 Å². The number of H-pyrrole nitrogens is 1. The fraction of sp³-hybridized carbons (Fsp3) is 0.500. The van der Waals surface area contributed by atoms with Gasteiger partial charge in [0.15, 0.2) is 0 Å². The molecule has 2 aromatic heterocycles. The average molecular weight is 288 g/mol. The molecule has 7 nitrogen and oxygen atoms in total. The zero-order chi connectivity index (χ0) is 14.7. The normalized spacial score (nSPS) is 16.9. The van der Waals surface area contributed by atoms with Crippen LogP contribution in [0.4, 0.5) is 5.82 Å². The highest BCUT2D eigenvalue weighted by Gasteiger charge is 2.17. The highest BCUT2D eigenvalue weighted by atomic mass is 16.1. The SMILES string of the molecule is Cn1ccnc1CN1CCCN(c2cc(=O)[nH]cn2)CC1. The van der Waals surface area contributed by atoms with Crippen molar-refractivity contribution in [2.45, 2.75) is 13.0 Å². The molecule has 3 heterocycles. The molecule has 0 aliphatic carbocycles. The van der Waals surface area contributed by atoms with Crippen molar-refractivity contribution in [3.8, 4) is 0 Å². The van der Waals surface area contributed by atoms with E-state index in [4.69, 9.17) is 0 Å². The summed E-state index contributed by atoms with van der Waals surface area (Å²) in [7, 11) is 2.02. The third-order valence-electron chi connectivity index (χ3n) is 3.86. The van der Waals surface area contributed by atoms with Crippen LogP contribution < -0.4 is 10.5 Å². The smallest absolute Gasteiger partial charge is 0.252 e. The molecular weight excluding hydrogens is 268 g/mol. The second kappa shape index (κ2) is 6.09. The first-order chi connectivity index (χ1) is 10.2. The van der Waals surface area contributed by atoms with Gasteiger partial charge in [-0.25, -0.2) is 9.97 Å². The first-order valence-corrected chi connectivity index (χ1v) is 7.20. The van der Waals surface area contributed by atoms with Crippen LogP contribution in [-0.2, 0) is 13.6 Å². The van der Waals surface area contributed by atoms with Crippen LogP contribution in [0.1, 0.15) is 12.2 Å². The van der Waals surface area contributed by atoms with Crippen molar-refractivity contribution >= 4 is 5.82 Å². The Hall–Kier alpha value is -2.15. The van der Waals surface area contributed by atoms with Crippen LogP contribution in [0.5, 0.6) is 0 Å². The summed E-state index contributed by atoms with van der Waals surface area (Å²) in [6, 6.07) is 1.56. The summed E-state index contributed by atoms with van der Waals surface area (Å²) >= 11 is 0. The third kappa shape index (κ3) is 3.30. The molecule has 0 aromatic carbocycles. The summed E-state index contributed by atoms with van der Waals surface area (Å²) in [5, 5.41) is 0. The maximum atomic E-state index is 11.4. The molecular formula is C14H20N6O. The van der Waals surface area contributed by atoms with Gasteiger partial charge in [0.25, 0.3) is 5.56 Å². The standard InChI is InChI=1S/C14H20N6O/c1-18-6-3-15-13(18)10-19-4-2-5-20(8-7-19)12-9-14(21)17-11-16-12/h3,6,9,11H,2,4-5,7-8,10H2,1H3,(H,16,17,21). The van der Waals surface area contributed by atoms with Crippen molar-refractivity contribution in [1.82, 2.24) is 24.4 Å². The van der Waals surface area contributed by atoms with Crippen molar-refractivity contribution in [3.63, 3.8) is 0 Å². The topological polar surface area (TPSA) is 70.1 Å². The van der Waals surface area contributed by atoms with Gasteiger partial charge in [-0.1, -0.05) is 0 Å². The number of aromatic amines is 1. The van der Waals surface area contributed by atoms with Gasteiger partial charge in [0, 0.05) is 51.7 Å². The molecule has 21 heavy (non-hydrogen) atoms. The Morgan fingerprint density at radius 1 is 1.24 bits per heavy atom. The molecule has 1 fully saturated rings. The van der Waals surface area contributed by atoms with Crippen molar-refractivity contribution in [2.75, 3.05) is 31.1 Å². The van der Waals surface area contributed by atoms with E-state index >= 15 is 0 Å². The van der Waals surface area contributed by atoms with E-state index in [0.29, 0.717) is 0 Å². The maximum absolute atomic E-state index is 11.4. The van der Waals surface area contributed by atoms with Crippen LogP contribution in [-0.4, -0.2) is 50.6 Å². The van der Waals surface area contributed by atoms with Gasteiger partial charge in [0.05, 0.1) is 12.9 Å². The first kappa shape index (κ1) is 13.8. The molecule has 3 rings (SSSR count). The lowest BCUT2D eigenvalue weighted by Crippen LogP contribution is -2.32. The number of hydrogen-bond acceptors (Lipinski definition) is 5. The van der Waals surface area contributed by atoms with Crippen LogP contribution in [0.25, 0.3) is 0 Å². The third-order valence-corrected chi connectivity index (χ3v) is 3.86. The lowest BCUT2D eigenvalue weighted by molar-refractivity contribution is 0.275. The average Bonchev–Trinajstić information content (AvgIpc) is 2.74. The molecule has 1 aliphatic rings. The Kier molecular flexibility index (Phi) is 4.01. The monoisotopic (exact) mass is 288 g/mol. The molecule has 1 N–H and O–H groups in total. The second-order valence-corrected chi connectivity index (χ2v) is 5.34. The van der Waals surface area contributed by atoms with Gasteiger partial charge in [-0.05, 0) is 6.42 Å². The number of aromatic nitrogens is 4. The predicted octanol–water partition coefficient (Wildman–Crippen LogP) is 0.216. The summed E-state index contributed by atoms with van der Waals surface area (Å²) in [5.41, 5.74) is -0.103. The van der Waals surface area contributed by atoms with Gasteiger partial charge >= 0.3 is 0 Å². The highest BCUT2D eigenvalue weighted by Crippen LogP contribution is 2.12. The molecule has 112 valence electrons. The van der Waals surface area contributed by atoms with Gasteiger partial charge < -0.3 is 14.5 Å². The summed E-state index contributed by atoms with van der Waals surface area (Å²) in [6.07, 6.45) is 6.33. The largest absolute Gasteiger partial charge is 0.355 e. The molecule has 7 heteroatoms. The highest BCUT2D eigenvalue weighted by molar-refractivity contribution is 5.36. The molecule has 0 radical (unpaired) electrons. The van der Waals surface area contributed by atoms with Gasteiger partial charge in [-0.2, -0.15) is 0 Å². The van der Waals surface area contributed by atoms with E-state index in [1.807, 2.05) is 19.4 Å². The van der Waals surface area contributed by atoms with Crippen molar-refractivity contribution < 1.29 is 0 Å². The fourth-order valence-corrected chi connectivity index (χ4v) is 2.64. The van der Waals surface area contributed by atoms with Crippen molar-refractivity contribution in [1.29, 1.82) is 0 Å². The molecule has 1 aliphatic heterocycles. The number of rotatable bonds is 3. The predicted molar refractivity (Wildman–Crippen MR) is 80.2 cm³/mol. The minimum absolute atomic E-state index is 0.103. The lowest BCUT2D eigenvalue weighted by atomic mass is 10.3. The van der Waals surface area contributed by atoms with E-state index in [2.05, 4.69) is 29.3 Å². The minimum Gasteiger partial charge on any atom is -0.355 e. The molecule has 0 spiro atoms. The van der Waals surface area contributed by atoms with E-state index < -0.39 is 0 Å². The number of anilines is 1. The Bertz CT molecular complexity index is 649. The molecule has 0 atom stereocenters. The van der Waals surface area contributed by atoms with E-state index in [1.165, 1.54) is 6.33 Å². The summed E-state index contributed by atoms with van der Waals surface area (Å²) in [4.78, 5) is 27.2. The first-order valence-electron chi connectivity index (χ1n) is 7.20. The summed E-state index contributed by atoms with van der Waals surface area (Å²) in [5.74, 6) is 1.84. The molecule has 0 saturated carbocycles. The van der Waals surface area contributed by atoms with Gasteiger partial charge in [-0.3, -0.25) is 9.69 Å². The molecule has 0 amide bonds. The number of aryl methyl sites for hydroxylation is 1. The van der Waals surface area contributed by atoms with Gasteiger partial charge in [0.1, 0.15) is 11.6 Å². The molecule has 1 saturated heterocycles. The number of hydrogen-bond donors (Lipinski definition) is 1. The quantitative estimate of drug-likeness (QED) is 0.874. The van der Waals surface area contributed by atoms with Gasteiger partial charge in [-0.15, -0.1) is 0 Å². The van der Waals surface area contributed by atoms with E-state index in [-0.39, 0.29) is 5.56 Å². The van der Waals surface area contributed by atoms with Crippen LogP contribution in [0.15, 0.2) is 29.6 Å². The number of nitrogens with zero attached hydrogens (tertiary/aromatic N) is 5. The number of imidazole rings is 1. The lowest BCUT2D eigenvalue weighted by Gasteiger charge is -2.22. The zero-order valence-corrected chi connectivity index (χ0v) is 12.2. The maximum Gasteiger partial charge on any atom is 0.252 e. The Morgan fingerprint density at radius 2 is 2.14 bits per heavy atom. The molecule has 0 bridgehead atoms. The summed E-state index contributed by atoms with van der Waals surface area (Å²) in [6.45, 7) is 4.64. The zero-order valence-electron chi connectivity index (χ0n) is 12.2. The van der Waals surface area contributed by atoms with Crippen molar-refractivity contribution in [2.24, 2.45) is 7.05 Å². The van der Waals surface area contributed by atoms with Crippen LogP contribution in [0, 0.1) is 0 Å². The molecule has 2 aromatic rings. The Balaban J connectivity index is 1.64. The van der Waals surface area contributed by atoms with E-state index in [1.54, 1.807) is 6.07 Å². The Morgan fingerprint density at radius 3 is 2.90 bits per heavy atom. The summed E-state index contributed by atoms with van der Waals surface area (Å²) < 4.78 is 2.06. The van der Waals surface area contributed by atoms with Crippen LogP contribution in [0.2, 0.25) is 0 Å². The van der Waals surface area contributed by atoms with E-state index in [0.717, 1.165) is 50.8 Å².